The van der Waals surface area contributed by atoms with E-state index in [4.69, 9.17) is 4.74 Å². The van der Waals surface area contributed by atoms with E-state index in [1.54, 1.807) is 29.3 Å². The number of aryl methyl sites for hydroxylation is 3. The molecule has 5 rings (SSSR count). The maximum atomic E-state index is 13.3. The fourth-order valence-electron chi connectivity index (χ4n) is 4.68. The Hall–Kier alpha value is -2.96. The van der Waals surface area contributed by atoms with Gasteiger partial charge in [0, 0.05) is 24.0 Å². The zero-order valence-corrected chi connectivity index (χ0v) is 19.7. The summed E-state index contributed by atoms with van der Waals surface area (Å²) in [5, 5.41) is 4.54. The predicted octanol–water partition coefficient (Wildman–Crippen LogP) is 4.75. The number of nitrogens with one attached hydrogen (secondary N) is 1. The van der Waals surface area contributed by atoms with Crippen molar-refractivity contribution in [3.8, 4) is 5.75 Å². The average Bonchev–Trinajstić information content (AvgIpc) is 3.23. The average molecular weight is 460 g/mol. The number of hydrogen-bond donors (Lipinski definition) is 1. The van der Waals surface area contributed by atoms with Crippen LogP contribution in [0.15, 0.2) is 65.7 Å². The van der Waals surface area contributed by atoms with Crippen LogP contribution < -0.4 is 15.6 Å². The maximum Gasteiger partial charge on any atom is 0.262 e. The Bertz CT molecular complexity index is 1300. The number of benzene rings is 2. The van der Waals surface area contributed by atoms with Gasteiger partial charge in [0.05, 0.1) is 18.8 Å². The summed E-state index contributed by atoms with van der Waals surface area (Å²) in [5.41, 5.74) is 3.87. The predicted molar refractivity (Wildman–Crippen MR) is 134 cm³/mol. The number of nitrogens with zero attached hydrogens (tertiary/aromatic N) is 2. The van der Waals surface area contributed by atoms with Crippen molar-refractivity contribution in [3.63, 3.8) is 0 Å². The summed E-state index contributed by atoms with van der Waals surface area (Å²) in [6, 6.07) is 19.0. The summed E-state index contributed by atoms with van der Waals surface area (Å²) in [4.78, 5) is 20.1. The van der Waals surface area contributed by atoms with Crippen LogP contribution in [0.5, 0.6) is 5.75 Å². The molecule has 6 heteroatoms. The van der Waals surface area contributed by atoms with Crippen LogP contribution >= 0.6 is 11.3 Å². The van der Waals surface area contributed by atoms with Crippen molar-refractivity contribution in [2.45, 2.75) is 51.2 Å². The molecule has 2 aromatic carbocycles. The SMILES string of the molecule is COc1cccc(CN[C@@H]2CCc3c(sc4ncn(CCCc5ccccc5)c(=O)c34)C2)c1. The lowest BCUT2D eigenvalue weighted by molar-refractivity contribution is 0.413. The third-order valence-corrected chi connectivity index (χ3v) is 7.63. The van der Waals surface area contributed by atoms with E-state index in [1.807, 2.05) is 18.2 Å². The van der Waals surface area contributed by atoms with E-state index in [-0.39, 0.29) is 5.56 Å². The number of ether oxygens (including phenoxy) is 1. The van der Waals surface area contributed by atoms with Gasteiger partial charge < -0.3 is 10.1 Å². The van der Waals surface area contributed by atoms with Crippen molar-refractivity contribution in [3.05, 3.63) is 92.8 Å². The van der Waals surface area contributed by atoms with E-state index < -0.39 is 0 Å². The Balaban J connectivity index is 1.26. The fraction of sp³-hybridized carbons (Fsp3) is 0.333. The lowest BCUT2D eigenvalue weighted by atomic mass is 9.93. The molecule has 1 N–H and O–H groups in total. The van der Waals surface area contributed by atoms with E-state index in [9.17, 15) is 4.79 Å². The smallest absolute Gasteiger partial charge is 0.262 e. The van der Waals surface area contributed by atoms with Crippen LogP contribution in [0, 0.1) is 0 Å². The highest BCUT2D eigenvalue weighted by molar-refractivity contribution is 7.18. The monoisotopic (exact) mass is 459 g/mol. The van der Waals surface area contributed by atoms with Gasteiger partial charge in [0.2, 0.25) is 0 Å². The van der Waals surface area contributed by atoms with Gasteiger partial charge in [-0.3, -0.25) is 9.36 Å². The highest BCUT2D eigenvalue weighted by atomic mass is 32.1. The van der Waals surface area contributed by atoms with Crippen LogP contribution in [0.3, 0.4) is 0 Å². The standard InChI is InChI=1S/C27H29N3O2S/c1-32-22-11-5-9-20(15-22)17-28-21-12-13-23-24(16-21)33-26-25(23)27(31)30(18-29-26)14-6-10-19-7-3-2-4-8-19/h2-5,7-9,11,15,18,21,28H,6,10,12-14,16-17H2,1H3/t21-/m1/s1. The Morgan fingerprint density at radius 1 is 1.15 bits per heavy atom. The van der Waals surface area contributed by atoms with Crippen LogP contribution in [0.25, 0.3) is 10.2 Å². The van der Waals surface area contributed by atoms with Crippen molar-refractivity contribution in [2.75, 3.05) is 7.11 Å². The second-order valence-electron chi connectivity index (χ2n) is 8.69. The summed E-state index contributed by atoms with van der Waals surface area (Å²) in [6.07, 6.45) is 6.54. The molecule has 33 heavy (non-hydrogen) atoms. The van der Waals surface area contributed by atoms with Crippen LogP contribution in [0.4, 0.5) is 0 Å². The first kappa shape index (κ1) is 21.9. The van der Waals surface area contributed by atoms with Crippen LogP contribution in [0.2, 0.25) is 0 Å². The van der Waals surface area contributed by atoms with E-state index in [2.05, 4.69) is 46.7 Å². The number of hydrogen-bond acceptors (Lipinski definition) is 5. The first-order valence-electron chi connectivity index (χ1n) is 11.6. The van der Waals surface area contributed by atoms with Crippen molar-refractivity contribution < 1.29 is 4.74 Å². The molecule has 4 aromatic rings. The molecule has 0 radical (unpaired) electrons. The minimum atomic E-state index is 0.119. The van der Waals surface area contributed by atoms with Gasteiger partial charge in [-0.1, -0.05) is 42.5 Å². The second kappa shape index (κ2) is 9.89. The summed E-state index contributed by atoms with van der Waals surface area (Å²) in [7, 11) is 1.70. The molecule has 170 valence electrons. The first-order chi connectivity index (χ1) is 16.2. The van der Waals surface area contributed by atoms with Gasteiger partial charge in [0.25, 0.3) is 5.56 Å². The molecule has 1 aliphatic carbocycles. The molecule has 2 heterocycles. The van der Waals surface area contributed by atoms with E-state index >= 15 is 0 Å². The van der Waals surface area contributed by atoms with Crippen molar-refractivity contribution >= 4 is 21.6 Å². The molecule has 5 nitrogen and oxygen atoms in total. The molecular weight excluding hydrogens is 430 g/mol. The third-order valence-electron chi connectivity index (χ3n) is 6.47. The number of rotatable bonds is 8. The Morgan fingerprint density at radius 3 is 2.85 bits per heavy atom. The van der Waals surface area contributed by atoms with Gasteiger partial charge in [-0.15, -0.1) is 11.3 Å². The summed E-state index contributed by atoms with van der Waals surface area (Å²) < 4.78 is 7.13. The normalized spacial score (nSPS) is 15.5. The van der Waals surface area contributed by atoms with E-state index in [1.165, 1.54) is 21.6 Å². The molecule has 1 aliphatic rings. The molecule has 0 saturated heterocycles. The van der Waals surface area contributed by atoms with Crippen molar-refractivity contribution in [1.82, 2.24) is 14.9 Å². The van der Waals surface area contributed by atoms with Gasteiger partial charge in [-0.2, -0.15) is 0 Å². The molecule has 0 aliphatic heterocycles. The molecule has 0 amide bonds. The summed E-state index contributed by atoms with van der Waals surface area (Å²) in [6.45, 7) is 1.51. The Morgan fingerprint density at radius 2 is 2.00 bits per heavy atom. The topological polar surface area (TPSA) is 56.1 Å². The minimum Gasteiger partial charge on any atom is -0.497 e. The summed E-state index contributed by atoms with van der Waals surface area (Å²) in [5.74, 6) is 0.885. The molecule has 0 spiro atoms. The number of methoxy groups -OCH3 is 1. The van der Waals surface area contributed by atoms with Crippen LogP contribution in [0.1, 0.15) is 34.4 Å². The molecule has 0 fully saturated rings. The minimum absolute atomic E-state index is 0.119. The van der Waals surface area contributed by atoms with Crippen LogP contribution in [-0.4, -0.2) is 22.7 Å². The van der Waals surface area contributed by atoms with Crippen molar-refractivity contribution in [2.24, 2.45) is 0 Å². The van der Waals surface area contributed by atoms with Gasteiger partial charge in [0.1, 0.15) is 10.6 Å². The van der Waals surface area contributed by atoms with Gasteiger partial charge in [-0.05, 0) is 60.9 Å². The molecule has 1 atom stereocenters. The highest BCUT2D eigenvalue weighted by Gasteiger charge is 2.25. The quantitative estimate of drug-likeness (QED) is 0.413. The zero-order chi connectivity index (χ0) is 22.6. The number of thiophene rings is 1. The molecule has 0 saturated carbocycles. The van der Waals surface area contributed by atoms with Gasteiger partial charge in [0.15, 0.2) is 0 Å². The third kappa shape index (κ3) is 4.87. The lowest BCUT2D eigenvalue weighted by Crippen LogP contribution is -2.33. The highest BCUT2D eigenvalue weighted by Crippen LogP contribution is 2.33. The largest absolute Gasteiger partial charge is 0.497 e. The molecule has 0 unspecified atom stereocenters. The van der Waals surface area contributed by atoms with Crippen molar-refractivity contribution in [1.29, 1.82) is 0 Å². The molecular formula is C27H29N3O2S. The first-order valence-corrected chi connectivity index (χ1v) is 12.4. The zero-order valence-electron chi connectivity index (χ0n) is 18.9. The Kier molecular flexibility index (Phi) is 6.55. The molecule has 2 aromatic heterocycles. The fourth-order valence-corrected chi connectivity index (χ4v) is 5.94. The Labute approximate surface area is 198 Å². The number of fused-ring (bicyclic) bond motifs is 3. The van der Waals surface area contributed by atoms with E-state index in [0.29, 0.717) is 12.6 Å². The lowest BCUT2D eigenvalue weighted by Gasteiger charge is -2.23. The van der Waals surface area contributed by atoms with Crippen LogP contribution in [-0.2, 0) is 32.4 Å². The van der Waals surface area contributed by atoms with E-state index in [0.717, 1.165) is 54.6 Å². The number of aromatic nitrogens is 2. The maximum absolute atomic E-state index is 13.3. The summed E-state index contributed by atoms with van der Waals surface area (Å²) >= 11 is 1.69. The van der Waals surface area contributed by atoms with Gasteiger partial charge in [-0.25, -0.2) is 4.98 Å². The second-order valence-corrected chi connectivity index (χ2v) is 9.77. The molecule has 0 bridgehead atoms. The van der Waals surface area contributed by atoms with Gasteiger partial charge >= 0.3 is 0 Å².